The van der Waals surface area contributed by atoms with Gasteiger partial charge in [0.15, 0.2) is 0 Å². The highest BCUT2D eigenvalue weighted by Crippen LogP contribution is 2.21. The van der Waals surface area contributed by atoms with Crippen LogP contribution in [0.3, 0.4) is 0 Å². The minimum Gasteiger partial charge on any atom is -0.447 e. The van der Waals surface area contributed by atoms with Gasteiger partial charge in [-0.3, -0.25) is 4.90 Å². The number of amides is 3. The number of hydrogen-bond donors (Lipinski definition) is 1. The van der Waals surface area contributed by atoms with Gasteiger partial charge in [0, 0.05) is 24.5 Å². The first kappa shape index (κ1) is 13.7. The molecule has 1 aromatic rings. The molecule has 3 amide bonds. The van der Waals surface area contributed by atoms with E-state index in [-0.39, 0.29) is 12.1 Å². The second-order valence-corrected chi connectivity index (χ2v) is 4.84. The number of hydrogen-bond acceptors (Lipinski definition) is 4. The molecule has 3 rings (SSSR count). The van der Waals surface area contributed by atoms with E-state index < -0.39 is 0 Å². The average Bonchev–Trinajstić information content (AvgIpc) is 2.95. The number of rotatable bonds is 2. The van der Waals surface area contributed by atoms with E-state index in [1.165, 1.54) is 0 Å². The quantitative estimate of drug-likeness (QED) is 0.896. The zero-order valence-electron chi connectivity index (χ0n) is 11.6. The van der Waals surface area contributed by atoms with Crippen molar-refractivity contribution in [2.24, 2.45) is 0 Å². The highest BCUT2D eigenvalue weighted by molar-refractivity contribution is 5.91. The number of urea groups is 1. The summed E-state index contributed by atoms with van der Waals surface area (Å²) in [7, 11) is 0. The van der Waals surface area contributed by atoms with Crippen LogP contribution in [-0.2, 0) is 9.47 Å². The van der Waals surface area contributed by atoms with Crippen molar-refractivity contribution in [2.75, 3.05) is 49.7 Å². The fourth-order valence-corrected chi connectivity index (χ4v) is 2.32. The minimum atomic E-state index is -0.333. The maximum Gasteiger partial charge on any atom is 0.414 e. The van der Waals surface area contributed by atoms with Gasteiger partial charge in [-0.2, -0.15) is 0 Å². The van der Waals surface area contributed by atoms with Crippen LogP contribution in [0.5, 0.6) is 0 Å². The Balaban J connectivity index is 1.61. The third-order valence-corrected chi connectivity index (χ3v) is 3.49. The van der Waals surface area contributed by atoms with Crippen LogP contribution in [-0.4, -0.2) is 56.5 Å². The number of ether oxygens (including phenoxy) is 2. The molecule has 2 aliphatic rings. The molecule has 2 aliphatic heterocycles. The molecule has 2 fully saturated rings. The minimum absolute atomic E-state index is 0.133. The zero-order chi connectivity index (χ0) is 14.7. The van der Waals surface area contributed by atoms with Gasteiger partial charge in [0.05, 0.1) is 19.8 Å². The summed E-state index contributed by atoms with van der Waals surface area (Å²) < 4.78 is 10.1. The molecule has 7 nitrogen and oxygen atoms in total. The van der Waals surface area contributed by atoms with Crippen molar-refractivity contribution >= 4 is 23.5 Å². The maximum atomic E-state index is 12.0. The average molecular weight is 291 g/mol. The predicted molar refractivity (Wildman–Crippen MR) is 76.5 cm³/mol. The van der Waals surface area contributed by atoms with Crippen molar-refractivity contribution < 1.29 is 19.1 Å². The van der Waals surface area contributed by atoms with E-state index in [1.807, 2.05) is 0 Å². The van der Waals surface area contributed by atoms with E-state index >= 15 is 0 Å². The van der Waals surface area contributed by atoms with Crippen LogP contribution in [0.25, 0.3) is 0 Å². The second kappa shape index (κ2) is 6.01. The molecular formula is C14H17N3O4. The summed E-state index contributed by atoms with van der Waals surface area (Å²) >= 11 is 0. The Labute approximate surface area is 122 Å². The Bertz CT molecular complexity index is 526. The number of nitrogens with one attached hydrogen (secondary N) is 1. The normalized spacial score (nSPS) is 18.6. The third kappa shape index (κ3) is 3.08. The molecule has 112 valence electrons. The lowest BCUT2D eigenvalue weighted by Crippen LogP contribution is -2.43. The standard InChI is InChI=1S/C14H17N3O4/c18-13(16-5-8-20-9-6-16)15-11-1-3-12(4-2-11)17-7-10-21-14(17)19/h1-4H,5-10H2,(H,15,18). The Hall–Kier alpha value is -2.28. The molecule has 21 heavy (non-hydrogen) atoms. The van der Waals surface area contributed by atoms with Crippen LogP contribution < -0.4 is 10.2 Å². The van der Waals surface area contributed by atoms with Gasteiger partial charge in [-0.05, 0) is 24.3 Å². The zero-order valence-corrected chi connectivity index (χ0v) is 11.6. The Morgan fingerprint density at radius 2 is 1.76 bits per heavy atom. The van der Waals surface area contributed by atoms with Crippen LogP contribution in [0.1, 0.15) is 0 Å². The van der Waals surface area contributed by atoms with Crippen molar-refractivity contribution in [1.82, 2.24) is 4.90 Å². The molecule has 2 saturated heterocycles. The van der Waals surface area contributed by atoms with E-state index in [0.29, 0.717) is 45.1 Å². The molecule has 0 spiro atoms. The van der Waals surface area contributed by atoms with Gasteiger partial charge in [-0.15, -0.1) is 0 Å². The second-order valence-electron chi connectivity index (χ2n) is 4.84. The largest absolute Gasteiger partial charge is 0.447 e. The molecule has 0 atom stereocenters. The van der Waals surface area contributed by atoms with Crippen molar-refractivity contribution in [3.05, 3.63) is 24.3 Å². The van der Waals surface area contributed by atoms with E-state index in [1.54, 1.807) is 34.1 Å². The summed E-state index contributed by atoms with van der Waals surface area (Å²) in [4.78, 5) is 26.8. The summed E-state index contributed by atoms with van der Waals surface area (Å²) in [5.41, 5.74) is 1.46. The van der Waals surface area contributed by atoms with E-state index in [0.717, 1.165) is 5.69 Å². The van der Waals surface area contributed by atoms with Gasteiger partial charge < -0.3 is 19.7 Å². The molecule has 0 radical (unpaired) electrons. The summed E-state index contributed by atoms with van der Waals surface area (Å²) in [5.74, 6) is 0. The van der Waals surface area contributed by atoms with Gasteiger partial charge in [-0.25, -0.2) is 9.59 Å². The molecule has 1 N–H and O–H groups in total. The molecule has 7 heteroatoms. The van der Waals surface area contributed by atoms with Crippen molar-refractivity contribution in [1.29, 1.82) is 0 Å². The number of anilines is 2. The fraction of sp³-hybridized carbons (Fsp3) is 0.429. The van der Waals surface area contributed by atoms with E-state index in [2.05, 4.69) is 5.32 Å². The van der Waals surface area contributed by atoms with Crippen LogP contribution >= 0.6 is 0 Å². The van der Waals surface area contributed by atoms with Crippen LogP contribution in [0.2, 0.25) is 0 Å². The first-order chi connectivity index (χ1) is 10.2. The molecule has 0 unspecified atom stereocenters. The predicted octanol–water partition coefficient (Wildman–Crippen LogP) is 1.51. The summed E-state index contributed by atoms with van der Waals surface area (Å²) in [6, 6.07) is 7.01. The Morgan fingerprint density at radius 1 is 1.05 bits per heavy atom. The lowest BCUT2D eigenvalue weighted by molar-refractivity contribution is 0.0564. The van der Waals surface area contributed by atoms with Crippen LogP contribution in [0.15, 0.2) is 24.3 Å². The summed E-state index contributed by atoms with van der Waals surface area (Å²) in [6.45, 7) is 3.31. The van der Waals surface area contributed by atoms with E-state index in [9.17, 15) is 9.59 Å². The van der Waals surface area contributed by atoms with Gasteiger partial charge in [0.1, 0.15) is 6.61 Å². The lowest BCUT2D eigenvalue weighted by atomic mass is 10.2. The SMILES string of the molecule is O=C(Nc1ccc(N2CCOC2=O)cc1)N1CCOCC1. The molecule has 1 aromatic carbocycles. The molecule has 0 saturated carbocycles. The third-order valence-electron chi connectivity index (χ3n) is 3.49. The van der Waals surface area contributed by atoms with Crippen molar-refractivity contribution in [3.63, 3.8) is 0 Å². The Kier molecular flexibility index (Phi) is 3.92. The number of carbonyl (C=O) groups excluding carboxylic acids is 2. The van der Waals surface area contributed by atoms with Crippen LogP contribution in [0, 0.1) is 0 Å². The van der Waals surface area contributed by atoms with Crippen molar-refractivity contribution in [3.8, 4) is 0 Å². The number of benzene rings is 1. The summed E-state index contributed by atoms with van der Waals surface area (Å²) in [5, 5.41) is 2.84. The van der Waals surface area contributed by atoms with Crippen molar-refractivity contribution in [2.45, 2.75) is 0 Å². The number of cyclic esters (lactones) is 1. The first-order valence-electron chi connectivity index (χ1n) is 6.92. The number of nitrogens with zero attached hydrogens (tertiary/aromatic N) is 2. The van der Waals surface area contributed by atoms with Gasteiger partial charge in [-0.1, -0.05) is 0 Å². The highest BCUT2D eigenvalue weighted by Gasteiger charge is 2.23. The Morgan fingerprint density at radius 3 is 2.38 bits per heavy atom. The first-order valence-corrected chi connectivity index (χ1v) is 6.92. The molecule has 0 aliphatic carbocycles. The number of carbonyl (C=O) groups is 2. The van der Waals surface area contributed by atoms with E-state index in [4.69, 9.17) is 9.47 Å². The lowest BCUT2D eigenvalue weighted by Gasteiger charge is -2.27. The molecule has 0 aromatic heterocycles. The molecule has 0 bridgehead atoms. The van der Waals surface area contributed by atoms with Crippen LogP contribution in [0.4, 0.5) is 21.0 Å². The highest BCUT2D eigenvalue weighted by atomic mass is 16.6. The maximum absolute atomic E-state index is 12.0. The monoisotopic (exact) mass is 291 g/mol. The van der Waals surface area contributed by atoms with Gasteiger partial charge >= 0.3 is 12.1 Å². The topological polar surface area (TPSA) is 71.1 Å². The smallest absolute Gasteiger partial charge is 0.414 e. The summed E-state index contributed by atoms with van der Waals surface area (Å²) in [6.07, 6.45) is -0.333. The molecular weight excluding hydrogens is 274 g/mol. The van der Waals surface area contributed by atoms with Gasteiger partial charge in [0.2, 0.25) is 0 Å². The molecule has 2 heterocycles. The number of morpholine rings is 1. The fourth-order valence-electron chi connectivity index (χ4n) is 2.32. The van der Waals surface area contributed by atoms with Gasteiger partial charge in [0.25, 0.3) is 0 Å².